The number of rotatable bonds is 6. The van der Waals surface area contributed by atoms with Gasteiger partial charge in [-0.3, -0.25) is 4.68 Å². The first-order chi connectivity index (χ1) is 12.5. The van der Waals surface area contributed by atoms with Gasteiger partial charge in [0.15, 0.2) is 0 Å². The first kappa shape index (κ1) is 17.7. The van der Waals surface area contributed by atoms with Gasteiger partial charge in [0.1, 0.15) is 11.6 Å². The van der Waals surface area contributed by atoms with Crippen molar-refractivity contribution in [2.75, 3.05) is 6.54 Å². The predicted octanol–water partition coefficient (Wildman–Crippen LogP) is 1.49. The van der Waals surface area contributed by atoms with Crippen molar-refractivity contribution in [2.24, 2.45) is 5.73 Å². The summed E-state index contributed by atoms with van der Waals surface area (Å²) in [5.74, 6) is 0.383. The van der Waals surface area contributed by atoms with E-state index in [9.17, 15) is 13.6 Å². The van der Waals surface area contributed by atoms with E-state index < -0.39 is 11.8 Å². The third-order valence-electron chi connectivity index (χ3n) is 3.84. The maximum Gasteiger partial charge on any atom is 0.349 e. The lowest BCUT2D eigenvalue weighted by Crippen LogP contribution is -2.19. The summed E-state index contributed by atoms with van der Waals surface area (Å²) in [6.07, 6.45) is 1.38. The first-order valence-electron chi connectivity index (χ1n) is 7.93. The fourth-order valence-electron chi connectivity index (χ4n) is 2.47. The first-order valence-corrected chi connectivity index (χ1v) is 7.93. The Labute approximate surface area is 147 Å². The van der Waals surface area contributed by atoms with Crippen LogP contribution >= 0.6 is 0 Å². The molecular weight excluding hydrogens is 344 g/mol. The zero-order valence-electron chi connectivity index (χ0n) is 14.0. The van der Waals surface area contributed by atoms with Crippen LogP contribution in [0, 0.1) is 0 Å². The summed E-state index contributed by atoms with van der Waals surface area (Å²) in [4.78, 5) is 16.6. The van der Waals surface area contributed by atoms with E-state index in [2.05, 4.69) is 20.3 Å². The van der Waals surface area contributed by atoms with Crippen molar-refractivity contribution in [1.82, 2.24) is 29.5 Å². The van der Waals surface area contributed by atoms with Gasteiger partial charge >= 0.3 is 5.69 Å². The van der Waals surface area contributed by atoms with E-state index in [0.717, 1.165) is 10.1 Å². The zero-order chi connectivity index (χ0) is 18.7. The summed E-state index contributed by atoms with van der Waals surface area (Å²) in [6.45, 7) is 2.35. The molecule has 26 heavy (non-hydrogen) atoms. The van der Waals surface area contributed by atoms with Gasteiger partial charge < -0.3 is 5.73 Å². The Kier molecular flexibility index (Phi) is 5.03. The molecule has 0 saturated carbocycles. The second-order valence-corrected chi connectivity index (χ2v) is 5.49. The van der Waals surface area contributed by atoms with Crippen molar-refractivity contribution in [1.29, 1.82) is 0 Å². The predicted molar refractivity (Wildman–Crippen MR) is 90.9 cm³/mol. The van der Waals surface area contributed by atoms with Crippen molar-refractivity contribution in [3.05, 3.63) is 58.6 Å². The quantitative estimate of drug-likeness (QED) is 0.692. The molecule has 3 aromatic rings. The molecule has 3 heterocycles. The average Bonchev–Trinajstić information content (AvgIpc) is 3.26. The molecule has 0 aliphatic rings. The lowest BCUT2D eigenvalue weighted by Gasteiger charge is -2.07. The van der Waals surface area contributed by atoms with Crippen LogP contribution in [-0.2, 0) is 13.0 Å². The average molecular weight is 361 g/mol. The Bertz CT molecular complexity index is 998. The molecule has 10 heteroatoms. The number of aromatic amines is 1. The van der Waals surface area contributed by atoms with Gasteiger partial charge in [-0.15, -0.1) is 0 Å². The summed E-state index contributed by atoms with van der Waals surface area (Å²) in [6, 6.07) is 5.10. The smallest absolute Gasteiger partial charge is 0.327 e. The molecule has 0 saturated heterocycles. The van der Waals surface area contributed by atoms with Crippen LogP contribution in [0.2, 0.25) is 0 Å². The number of aryl methyl sites for hydroxylation is 1. The molecule has 8 nitrogen and oxygen atoms in total. The van der Waals surface area contributed by atoms with Crippen molar-refractivity contribution in [3.63, 3.8) is 0 Å². The SMILES string of the molecule is CCn1cc(-c2cccc(-n3c(CC(CN)=C(F)F)n[nH]c3=O)n2)cn1. The summed E-state index contributed by atoms with van der Waals surface area (Å²) >= 11 is 0. The highest BCUT2D eigenvalue weighted by Gasteiger charge is 2.16. The Morgan fingerprint density at radius 2 is 2.15 bits per heavy atom. The number of hydrogen-bond acceptors (Lipinski definition) is 5. The molecular formula is C16H17F2N7O. The van der Waals surface area contributed by atoms with Gasteiger partial charge in [-0.2, -0.15) is 19.0 Å². The monoisotopic (exact) mass is 361 g/mol. The third-order valence-corrected chi connectivity index (χ3v) is 3.84. The molecule has 136 valence electrons. The van der Waals surface area contributed by atoms with E-state index in [4.69, 9.17) is 5.73 Å². The minimum Gasteiger partial charge on any atom is -0.327 e. The molecule has 0 atom stereocenters. The lowest BCUT2D eigenvalue weighted by molar-refractivity contribution is 0.407. The van der Waals surface area contributed by atoms with Gasteiger partial charge in [0.25, 0.3) is 6.08 Å². The summed E-state index contributed by atoms with van der Waals surface area (Å²) in [5, 5.41) is 10.3. The Hall–Kier alpha value is -3.14. The van der Waals surface area contributed by atoms with Gasteiger partial charge in [-0.05, 0) is 19.1 Å². The Morgan fingerprint density at radius 3 is 2.81 bits per heavy atom. The number of H-pyrrole nitrogens is 1. The molecule has 0 aliphatic heterocycles. The van der Waals surface area contributed by atoms with Crippen molar-refractivity contribution in [2.45, 2.75) is 19.9 Å². The van der Waals surface area contributed by atoms with Gasteiger partial charge in [0.05, 0.1) is 11.9 Å². The van der Waals surface area contributed by atoms with Crippen LogP contribution in [0.4, 0.5) is 8.78 Å². The summed E-state index contributed by atoms with van der Waals surface area (Å²) in [5.41, 5.74) is 5.88. The van der Waals surface area contributed by atoms with E-state index in [0.29, 0.717) is 12.2 Å². The highest BCUT2D eigenvalue weighted by molar-refractivity contribution is 5.58. The number of pyridine rings is 1. The van der Waals surface area contributed by atoms with Gasteiger partial charge in [0.2, 0.25) is 0 Å². The van der Waals surface area contributed by atoms with Crippen molar-refractivity contribution < 1.29 is 8.78 Å². The highest BCUT2D eigenvalue weighted by Crippen LogP contribution is 2.19. The molecule has 0 bridgehead atoms. The fraction of sp³-hybridized carbons (Fsp3) is 0.250. The number of aromatic nitrogens is 6. The van der Waals surface area contributed by atoms with Gasteiger partial charge in [-0.25, -0.2) is 19.4 Å². The van der Waals surface area contributed by atoms with Crippen LogP contribution in [0.1, 0.15) is 12.7 Å². The maximum atomic E-state index is 12.9. The minimum atomic E-state index is -1.87. The number of hydrogen-bond donors (Lipinski definition) is 2. The molecule has 0 aliphatic carbocycles. The highest BCUT2D eigenvalue weighted by atomic mass is 19.3. The second-order valence-electron chi connectivity index (χ2n) is 5.49. The third kappa shape index (κ3) is 3.45. The van der Waals surface area contributed by atoms with E-state index in [1.54, 1.807) is 29.1 Å². The molecule has 0 spiro atoms. The number of nitrogens with zero attached hydrogens (tertiary/aromatic N) is 5. The second kappa shape index (κ2) is 7.40. The topological polar surface area (TPSA) is 107 Å². The van der Waals surface area contributed by atoms with E-state index >= 15 is 0 Å². The standard InChI is InChI=1S/C16H17F2N7O/c1-2-24-9-11(8-20-24)12-4-3-5-13(21-12)25-14(22-23-16(25)26)6-10(7-19)15(17)18/h3-5,8-9H,2,6-7,19H2,1H3,(H,23,26). The molecule has 0 radical (unpaired) electrons. The molecule has 0 unspecified atom stereocenters. The van der Waals surface area contributed by atoms with Crippen molar-refractivity contribution in [3.8, 4) is 17.1 Å². The number of halogens is 2. The van der Waals surface area contributed by atoms with Crippen LogP contribution in [-0.4, -0.2) is 36.1 Å². The van der Waals surface area contributed by atoms with Gasteiger partial charge in [-0.1, -0.05) is 6.07 Å². The summed E-state index contributed by atoms with van der Waals surface area (Å²) in [7, 11) is 0. The summed E-state index contributed by atoms with van der Waals surface area (Å²) < 4.78 is 28.7. The molecule has 0 amide bonds. The molecule has 0 aromatic carbocycles. The van der Waals surface area contributed by atoms with Crippen LogP contribution in [0.5, 0.6) is 0 Å². The van der Waals surface area contributed by atoms with E-state index in [1.807, 2.05) is 13.1 Å². The fourth-order valence-corrected chi connectivity index (χ4v) is 2.47. The van der Waals surface area contributed by atoms with Crippen LogP contribution in [0.15, 0.2) is 47.0 Å². The Morgan fingerprint density at radius 1 is 1.35 bits per heavy atom. The molecule has 3 rings (SSSR count). The van der Waals surface area contributed by atoms with E-state index in [1.165, 1.54) is 0 Å². The van der Waals surface area contributed by atoms with Crippen LogP contribution in [0.25, 0.3) is 17.1 Å². The van der Waals surface area contributed by atoms with E-state index in [-0.39, 0.29) is 30.2 Å². The maximum absolute atomic E-state index is 12.9. The molecule has 3 N–H and O–H groups in total. The number of nitrogens with two attached hydrogens (primary N) is 1. The lowest BCUT2D eigenvalue weighted by atomic mass is 10.2. The largest absolute Gasteiger partial charge is 0.349 e. The number of nitrogens with one attached hydrogen (secondary N) is 1. The zero-order valence-corrected chi connectivity index (χ0v) is 14.0. The van der Waals surface area contributed by atoms with Crippen molar-refractivity contribution >= 4 is 0 Å². The minimum absolute atomic E-state index is 0.108. The van der Waals surface area contributed by atoms with Crippen LogP contribution < -0.4 is 11.4 Å². The normalized spacial score (nSPS) is 10.9. The Balaban J connectivity index is 2.02. The van der Waals surface area contributed by atoms with Gasteiger partial charge in [0, 0.05) is 36.8 Å². The van der Waals surface area contributed by atoms with Crippen LogP contribution in [0.3, 0.4) is 0 Å². The molecule has 0 fully saturated rings. The molecule has 3 aromatic heterocycles.